The SMILES string of the molecule is C=CCc1ccc(O)c(-c2cn[nH]n2)c1. The molecule has 1 aromatic carbocycles. The van der Waals surface area contributed by atoms with Crippen LogP contribution < -0.4 is 0 Å². The van der Waals surface area contributed by atoms with E-state index in [4.69, 9.17) is 0 Å². The van der Waals surface area contributed by atoms with Crippen LogP contribution in [0.1, 0.15) is 5.56 Å². The lowest BCUT2D eigenvalue weighted by Gasteiger charge is -2.03. The van der Waals surface area contributed by atoms with Crippen LogP contribution in [0.25, 0.3) is 11.3 Å². The highest BCUT2D eigenvalue weighted by Crippen LogP contribution is 2.27. The van der Waals surface area contributed by atoms with Crippen molar-refractivity contribution < 1.29 is 5.11 Å². The lowest BCUT2D eigenvalue weighted by molar-refractivity contribution is 0.477. The van der Waals surface area contributed by atoms with Gasteiger partial charge in [-0.3, -0.25) is 0 Å². The Kier molecular flexibility index (Phi) is 2.49. The van der Waals surface area contributed by atoms with Gasteiger partial charge in [0.1, 0.15) is 11.4 Å². The second-order valence-corrected chi connectivity index (χ2v) is 3.20. The summed E-state index contributed by atoms with van der Waals surface area (Å²) in [4.78, 5) is 0. The van der Waals surface area contributed by atoms with Gasteiger partial charge in [-0.2, -0.15) is 15.4 Å². The summed E-state index contributed by atoms with van der Waals surface area (Å²) in [5.74, 6) is 0.205. The van der Waals surface area contributed by atoms with Crippen LogP contribution in [0.3, 0.4) is 0 Å². The monoisotopic (exact) mass is 201 g/mol. The maximum absolute atomic E-state index is 9.67. The van der Waals surface area contributed by atoms with Gasteiger partial charge in [-0.15, -0.1) is 6.58 Å². The fraction of sp³-hybridized carbons (Fsp3) is 0.0909. The number of H-pyrrole nitrogens is 1. The average Bonchev–Trinajstić information content (AvgIpc) is 2.74. The van der Waals surface area contributed by atoms with Gasteiger partial charge in [0.2, 0.25) is 0 Å². The Bertz CT molecular complexity index is 463. The van der Waals surface area contributed by atoms with Crippen LogP contribution in [-0.2, 0) is 6.42 Å². The molecule has 0 fully saturated rings. The van der Waals surface area contributed by atoms with Crippen LogP contribution in [-0.4, -0.2) is 20.5 Å². The summed E-state index contributed by atoms with van der Waals surface area (Å²) in [5.41, 5.74) is 2.40. The van der Waals surface area contributed by atoms with E-state index in [9.17, 15) is 5.11 Å². The van der Waals surface area contributed by atoms with Crippen molar-refractivity contribution in [2.24, 2.45) is 0 Å². The van der Waals surface area contributed by atoms with Crippen LogP contribution >= 0.6 is 0 Å². The van der Waals surface area contributed by atoms with E-state index in [0.717, 1.165) is 12.0 Å². The number of nitrogens with one attached hydrogen (secondary N) is 1. The number of allylic oxidation sites excluding steroid dienone is 1. The number of aromatic amines is 1. The molecule has 0 saturated heterocycles. The molecule has 1 heterocycles. The van der Waals surface area contributed by atoms with Gasteiger partial charge in [-0.1, -0.05) is 12.1 Å². The van der Waals surface area contributed by atoms with E-state index in [1.165, 1.54) is 0 Å². The molecule has 0 spiro atoms. The van der Waals surface area contributed by atoms with Crippen LogP contribution in [0.2, 0.25) is 0 Å². The molecular weight excluding hydrogens is 190 g/mol. The molecule has 0 aliphatic rings. The van der Waals surface area contributed by atoms with Crippen molar-refractivity contribution in [3.8, 4) is 17.0 Å². The number of aromatic nitrogens is 3. The second kappa shape index (κ2) is 3.96. The van der Waals surface area contributed by atoms with Gasteiger partial charge in [0, 0.05) is 5.56 Å². The zero-order valence-electron chi connectivity index (χ0n) is 8.14. The highest BCUT2D eigenvalue weighted by atomic mass is 16.3. The minimum Gasteiger partial charge on any atom is -0.507 e. The smallest absolute Gasteiger partial charge is 0.125 e. The van der Waals surface area contributed by atoms with E-state index in [0.29, 0.717) is 11.3 Å². The first kappa shape index (κ1) is 9.45. The zero-order chi connectivity index (χ0) is 10.7. The van der Waals surface area contributed by atoms with Crippen molar-refractivity contribution in [2.75, 3.05) is 0 Å². The van der Waals surface area contributed by atoms with E-state index >= 15 is 0 Å². The van der Waals surface area contributed by atoms with E-state index in [2.05, 4.69) is 22.0 Å². The minimum atomic E-state index is 0.205. The fourth-order valence-electron chi connectivity index (χ4n) is 1.41. The Hall–Kier alpha value is -2.10. The van der Waals surface area contributed by atoms with Crippen molar-refractivity contribution in [1.29, 1.82) is 0 Å². The highest BCUT2D eigenvalue weighted by molar-refractivity contribution is 5.66. The summed E-state index contributed by atoms with van der Waals surface area (Å²) >= 11 is 0. The molecular formula is C11H11N3O. The topological polar surface area (TPSA) is 61.8 Å². The molecule has 76 valence electrons. The van der Waals surface area contributed by atoms with Gasteiger partial charge in [0.25, 0.3) is 0 Å². The second-order valence-electron chi connectivity index (χ2n) is 3.20. The maximum atomic E-state index is 9.67. The Morgan fingerprint density at radius 1 is 1.47 bits per heavy atom. The molecule has 2 rings (SSSR count). The first-order valence-corrected chi connectivity index (χ1v) is 4.60. The number of rotatable bonds is 3. The minimum absolute atomic E-state index is 0.205. The fourth-order valence-corrected chi connectivity index (χ4v) is 1.41. The molecule has 0 radical (unpaired) electrons. The number of hydrogen-bond acceptors (Lipinski definition) is 3. The molecule has 0 aliphatic heterocycles. The van der Waals surface area contributed by atoms with Crippen molar-refractivity contribution in [3.05, 3.63) is 42.6 Å². The Morgan fingerprint density at radius 2 is 2.33 bits per heavy atom. The molecule has 2 N–H and O–H groups in total. The third-order valence-corrected chi connectivity index (χ3v) is 2.13. The standard InChI is InChI=1S/C11H11N3O/c1-2-3-8-4-5-11(15)9(6-8)10-7-12-14-13-10/h2,4-7,15H,1,3H2,(H,12,13,14). The Morgan fingerprint density at radius 3 is 3.00 bits per heavy atom. The summed E-state index contributed by atoms with van der Waals surface area (Å²) in [6.45, 7) is 3.67. The van der Waals surface area contributed by atoms with Crippen LogP contribution in [0.15, 0.2) is 37.1 Å². The first-order valence-electron chi connectivity index (χ1n) is 4.60. The molecule has 15 heavy (non-hydrogen) atoms. The number of hydrogen-bond donors (Lipinski definition) is 2. The number of phenols is 1. The third-order valence-electron chi connectivity index (χ3n) is 2.13. The van der Waals surface area contributed by atoms with Gasteiger partial charge >= 0.3 is 0 Å². The van der Waals surface area contributed by atoms with Gasteiger partial charge in [-0.05, 0) is 24.1 Å². The molecule has 2 aromatic rings. The predicted molar refractivity (Wildman–Crippen MR) is 57.4 cm³/mol. The van der Waals surface area contributed by atoms with Gasteiger partial charge in [-0.25, -0.2) is 0 Å². The Labute approximate surface area is 87.3 Å². The van der Waals surface area contributed by atoms with Gasteiger partial charge in [0.05, 0.1) is 6.20 Å². The third kappa shape index (κ3) is 1.88. The molecule has 1 aromatic heterocycles. The van der Waals surface area contributed by atoms with E-state index in [-0.39, 0.29) is 5.75 Å². The number of nitrogens with zero attached hydrogens (tertiary/aromatic N) is 2. The normalized spacial score (nSPS) is 10.1. The summed E-state index contributed by atoms with van der Waals surface area (Å²) in [6.07, 6.45) is 4.16. The average molecular weight is 201 g/mol. The molecule has 4 heteroatoms. The van der Waals surface area contributed by atoms with Crippen LogP contribution in [0, 0.1) is 0 Å². The number of phenolic OH excluding ortho intramolecular Hbond substituents is 1. The summed E-state index contributed by atoms with van der Waals surface area (Å²) in [7, 11) is 0. The molecule has 0 atom stereocenters. The summed E-state index contributed by atoms with van der Waals surface area (Å²) in [5, 5.41) is 19.8. The Balaban J connectivity index is 2.45. The molecule has 4 nitrogen and oxygen atoms in total. The number of benzene rings is 1. The molecule has 0 aliphatic carbocycles. The quantitative estimate of drug-likeness (QED) is 0.745. The highest BCUT2D eigenvalue weighted by Gasteiger charge is 2.07. The van der Waals surface area contributed by atoms with Crippen molar-refractivity contribution >= 4 is 0 Å². The molecule has 0 amide bonds. The predicted octanol–water partition coefficient (Wildman–Crippen LogP) is 1.91. The lowest BCUT2D eigenvalue weighted by atomic mass is 10.1. The molecule has 0 unspecified atom stereocenters. The van der Waals surface area contributed by atoms with E-state index < -0.39 is 0 Å². The summed E-state index contributed by atoms with van der Waals surface area (Å²) in [6, 6.07) is 5.40. The van der Waals surface area contributed by atoms with E-state index in [1.54, 1.807) is 12.3 Å². The van der Waals surface area contributed by atoms with Gasteiger partial charge in [0.15, 0.2) is 0 Å². The van der Waals surface area contributed by atoms with E-state index in [1.807, 2.05) is 18.2 Å². The molecule has 0 bridgehead atoms. The largest absolute Gasteiger partial charge is 0.507 e. The summed E-state index contributed by atoms with van der Waals surface area (Å²) < 4.78 is 0. The van der Waals surface area contributed by atoms with Gasteiger partial charge < -0.3 is 5.11 Å². The van der Waals surface area contributed by atoms with Crippen LogP contribution in [0.4, 0.5) is 0 Å². The van der Waals surface area contributed by atoms with Crippen molar-refractivity contribution in [2.45, 2.75) is 6.42 Å². The zero-order valence-corrected chi connectivity index (χ0v) is 8.14. The lowest BCUT2D eigenvalue weighted by Crippen LogP contribution is -1.85. The maximum Gasteiger partial charge on any atom is 0.125 e. The van der Waals surface area contributed by atoms with Crippen LogP contribution in [0.5, 0.6) is 5.75 Å². The molecule has 0 saturated carbocycles. The van der Waals surface area contributed by atoms with Crippen molar-refractivity contribution in [1.82, 2.24) is 15.4 Å². The van der Waals surface area contributed by atoms with Crippen molar-refractivity contribution in [3.63, 3.8) is 0 Å². The number of aromatic hydroxyl groups is 1. The first-order chi connectivity index (χ1) is 7.31.